The summed E-state index contributed by atoms with van der Waals surface area (Å²) in [5, 5.41) is 14.3. The lowest BCUT2D eigenvalue weighted by Gasteiger charge is -2.22. The van der Waals surface area contributed by atoms with E-state index in [1.807, 2.05) is 24.3 Å². The number of rotatable bonds is 3. The van der Waals surface area contributed by atoms with Crippen molar-refractivity contribution in [2.75, 3.05) is 0 Å². The topological polar surface area (TPSA) is 59.2 Å². The van der Waals surface area contributed by atoms with Gasteiger partial charge in [0.05, 0.1) is 6.10 Å². The van der Waals surface area contributed by atoms with Crippen LogP contribution in [0.1, 0.15) is 48.9 Å². The number of hydrogen-bond donors (Lipinski definition) is 1. The van der Waals surface area contributed by atoms with Crippen LogP contribution >= 0.6 is 11.6 Å². The smallest absolute Gasteiger partial charge is 0.229 e. The standard InChI is InChI=1S/C15H17ClN2O2/c16-12-3-1-2-10(8-12)9-14-17-15(20-18-14)11-4-6-13(19)7-5-11/h1-3,8,11,13,19H,4-7,9H2. The molecule has 0 bridgehead atoms. The van der Waals surface area contributed by atoms with Crippen LogP contribution in [-0.4, -0.2) is 21.4 Å². The average Bonchev–Trinajstić information content (AvgIpc) is 2.88. The Kier molecular flexibility index (Phi) is 4.03. The summed E-state index contributed by atoms with van der Waals surface area (Å²) in [6.45, 7) is 0. The lowest BCUT2D eigenvalue weighted by molar-refractivity contribution is 0.116. The van der Waals surface area contributed by atoms with Crippen LogP contribution in [0.5, 0.6) is 0 Å². The molecule has 20 heavy (non-hydrogen) atoms. The van der Waals surface area contributed by atoms with Gasteiger partial charge < -0.3 is 9.63 Å². The molecule has 1 fully saturated rings. The molecular formula is C15H17ClN2O2. The molecule has 0 radical (unpaired) electrons. The van der Waals surface area contributed by atoms with Gasteiger partial charge in [-0.2, -0.15) is 4.98 Å². The predicted molar refractivity (Wildman–Crippen MR) is 75.8 cm³/mol. The lowest BCUT2D eigenvalue weighted by atomic mass is 9.87. The molecule has 1 aromatic carbocycles. The van der Waals surface area contributed by atoms with Gasteiger partial charge in [-0.05, 0) is 43.4 Å². The summed E-state index contributed by atoms with van der Waals surface area (Å²) >= 11 is 5.96. The van der Waals surface area contributed by atoms with Gasteiger partial charge >= 0.3 is 0 Å². The van der Waals surface area contributed by atoms with Crippen molar-refractivity contribution in [3.8, 4) is 0 Å². The van der Waals surface area contributed by atoms with Crippen LogP contribution in [0.15, 0.2) is 28.8 Å². The molecule has 4 nitrogen and oxygen atoms in total. The van der Waals surface area contributed by atoms with Crippen molar-refractivity contribution in [3.05, 3.63) is 46.6 Å². The van der Waals surface area contributed by atoms with Gasteiger partial charge in [-0.25, -0.2) is 0 Å². The maximum Gasteiger partial charge on any atom is 0.229 e. The number of nitrogens with zero attached hydrogens (tertiary/aromatic N) is 2. The van der Waals surface area contributed by atoms with Crippen molar-refractivity contribution in [2.45, 2.75) is 44.1 Å². The number of aliphatic hydroxyl groups excluding tert-OH is 1. The summed E-state index contributed by atoms with van der Waals surface area (Å²) in [6, 6.07) is 7.68. The van der Waals surface area contributed by atoms with Gasteiger partial charge in [0.25, 0.3) is 0 Å². The van der Waals surface area contributed by atoms with E-state index in [2.05, 4.69) is 10.1 Å². The Labute approximate surface area is 122 Å². The molecule has 1 aliphatic carbocycles. The zero-order valence-electron chi connectivity index (χ0n) is 11.1. The Morgan fingerprint density at radius 3 is 2.80 bits per heavy atom. The van der Waals surface area contributed by atoms with E-state index in [0.717, 1.165) is 31.2 Å². The first-order valence-corrected chi connectivity index (χ1v) is 7.33. The highest BCUT2D eigenvalue weighted by Gasteiger charge is 2.25. The number of benzene rings is 1. The molecule has 0 aliphatic heterocycles. The van der Waals surface area contributed by atoms with E-state index >= 15 is 0 Å². The Morgan fingerprint density at radius 1 is 1.25 bits per heavy atom. The number of aromatic nitrogens is 2. The van der Waals surface area contributed by atoms with Gasteiger partial charge in [0, 0.05) is 17.4 Å². The maximum absolute atomic E-state index is 9.52. The van der Waals surface area contributed by atoms with Crippen molar-refractivity contribution >= 4 is 11.6 Å². The Bertz CT molecular complexity index is 577. The van der Waals surface area contributed by atoms with Crippen LogP contribution in [0.3, 0.4) is 0 Å². The molecule has 1 saturated carbocycles. The summed E-state index contributed by atoms with van der Waals surface area (Å²) in [5.74, 6) is 1.68. The van der Waals surface area contributed by atoms with Crippen LogP contribution in [0.25, 0.3) is 0 Å². The Hall–Kier alpha value is -1.39. The fourth-order valence-corrected chi connectivity index (χ4v) is 2.87. The molecule has 2 aromatic rings. The van der Waals surface area contributed by atoms with Crippen molar-refractivity contribution in [3.63, 3.8) is 0 Å². The fourth-order valence-electron chi connectivity index (χ4n) is 2.66. The SMILES string of the molecule is OC1CCC(c2nc(Cc3cccc(Cl)c3)no2)CC1. The van der Waals surface area contributed by atoms with Crippen LogP contribution < -0.4 is 0 Å². The van der Waals surface area contributed by atoms with Gasteiger partial charge in [0.2, 0.25) is 5.89 Å². The maximum atomic E-state index is 9.52. The number of halogens is 1. The molecule has 1 aliphatic rings. The third-order valence-electron chi connectivity index (χ3n) is 3.78. The van der Waals surface area contributed by atoms with Crippen molar-refractivity contribution in [1.29, 1.82) is 0 Å². The highest BCUT2D eigenvalue weighted by atomic mass is 35.5. The van der Waals surface area contributed by atoms with Gasteiger partial charge in [0.1, 0.15) is 0 Å². The van der Waals surface area contributed by atoms with Crippen LogP contribution in [0.2, 0.25) is 5.02 Å². The summed E-state index contributed by atoms with van der Waals surface area (Å²) in [6.07, 6.45) is 3.92. The van der Waals surface area contributed by atoms with Crippen LogP contribution in [0.4, 0.5) is 0 Å². The minimum atomic E-state index is -0.167. The van der Waals surface area contributed by atoms with Gasteiger partial charge in [-0.3, -0.25) is 0 Å². The summed E-state index contributed by atoms with van der Waals surface area (Å²) in [5.41, 5.74) is 1.07. The molecule has 106 valence electrons. The Balaban J connectivity index is 1.67. The second-order valence-electron chi connectivity index (χ2n) is 5.36. The van der Waals surface area contributed by atoms with Gasteiger partial charge in [-0.1, -0.05) is 28.9 Å². The molecular weight excluding hydrogens is 276 g/mol. The third kappa shape index (κ3) is 3.19. The molecule has 0 atom stereocenters. The second kappa shape index (κ2) is 5.94. The number of aliphatic hydroxyl groups is 1. The zero-order chi connectivity index (χ0) is 13.9. The van der Waals surface area contributed by atoms with E-state index in [-0.39, 0.29) is 6.10 Å². The highest BCUT2D eigenvalue weighted by molar-refractivity contribution is 6.30. The van der Waals surface area contributed by atoms with Gasteiger partial charge in [0.15, 0.2) is 5.82 Å². The first-order chi connectivity index (χ1) is 9.70. The van der Waals surface area contributed by atoms with Crippen LogP contribution in [0, 0.1) is 0 Å². The van der Waals surface area contributed by atoms with E-state index in [0.29, 0.717) is 29.1 Å². The van der Waals surface area contributed by atoms with Crippen molar-refractivity contribution < 1.29 is 9.63 Å². The largest absolute Gasteiger partial charge is 0.393 e. The third-order valence-corrected chi connectivity index (χ3v) is 4.02. The van der Waals surface area contributed by atoms with E-state index in [4.69, 9.17) is 16.1 Å². The minimum Gasteiger partial charge on any atom is -0.393 e. The zero-order valence-corrected chi connectivity index (χ0v) is 11.9. The molecule has 1 aromatic heterocycles. The van der Waals surface area contributed by atoms with Crippen molar-refractivity contribution in [2.24, 2.45) is 0 Å². The molecule has 1 N–H and O–H groups in total. The van der Waals surface area contributed by atoms with Gasteiger partial charge in [-0.15, -0.1) is 0 Å². The summed E-state index contributed by atoms with van der Waals surface area (Å²) in [7, 11) is 0. The lowest BCUT2D eigenvalue weighted by Crippen LogP contribution is -2.17. The monoisotopic (exact) mass is 292 g/mol. The molecule has 0 amide bonds. The molecule has 0 saturated heterocycles. The Morgan fingerprint density at radius 2 is 2.05 bits per heavy atom. The summed E-state index contributed by atoms with van der Waals surface area (Å²) in [4.78, 5) is 4.48. The van der Waals surface area contributed by atoms with E-state index < -0.39 is 0 Å². The number of hydrogen-bond acceptors (Lipinski definition) is 4. The summed E-state index contributed by atoms with van der Waals surface area (Å²) < 4.78 is 5.37. The normalized spacial score (nSPS) is 22.9. The van der Waals surface area contributed by atoms with E-state index in [1.165, 1.54) is 0 Å². The molecule has 5 heteroatoms. The fraction of sp³-hybridized carbons (Fsp3) is 0.467. The molecule has 0 spiro atoms. The molecule has 1 heterocycles. The van der Waals surface area contributed by atoms with E-state index in [9.17, 15) is 5.11 Å². The first-order valence-electron chi connectivity index (χ1n) is 6.95. The first kappa shape index (κ1) is 13.6. The predicted octanol–water partition coefficient (Wildman–Crippen LogP) is 3.33. The quantitative estimate of drug-likeness (QED) is 0.942. The van der Waals surface area contributed by atoms with E-state index in [1.54, 1.807) is 0 Å². The molecule has 0 unspecified atom stereocenters. The van der Waals surface area contributed by atoms with Crippen LogP contribution in [-0.2, 0) is 6.42 Å². The average molecular weight is 293 g/mol. The van der Waals surface area contributed by atoms with Crippen molar-refractivity contribution in [1.82, 2.24) is 10.1 Å². The molecule has 3 rings (SSSR count). The minimum absolute atomic E-state index is 0.167. The highest BCUT2D eigenvalue weighted by Crippen LogP contribution is 2.31. The second-order valence-corrected chi connectivity index (χ2v) is 5.80.